The number of hydrazone groups is 1. The SMILES string of the molecule is CN1N=C(C(=O)NCC2(C)COC2)CCC1=O. The number of ether oxygens (including phenoxy) is 1. The van der Waals surface area contributed by atoms with Crippen LogP contribution in [0.1, 0.15) is 19.8 Å². The lowest BCUT2D eigenvalue weighted by Crippen LogP contribution is -2.50. The van der Waals surface area contributed by atoms with Crippen molar-refractivity contribution in [2.45, 2.75) is 19.8 Å². The van der Waals surface area contributed by atoms with Crippen molar-refractivity contribution in [3.8, 4) is 0 Å². The van der Waals surface area contributed by atoms with Crippen molar-refractivity contribution in [3.05, 3.63) is 0 Å². The second kappa shape index (κ2) is 4.44. The van der Waals surface area contributed by atoms with Crippen LogP contribution in [0.5, 0.6) is 0 Å². The van der Waals surface area contributed by atoms with E-state index in [2.05, 4.69) is 17.3 Å². The van der Waals surface area contributed by atoms with Crippen molar-refractivity contribution in [1.29, 1.82) is 0 Å². The van der Waals surface area contributed by atoms with Crippen molar-refractivity contribution in [2.24, 2.45) is 10.5 Å². The molecule has 1 saturated heterocycles. The average Bonchev–Trinajstić information content (AvgIpc) is 2.27. The van der Waals surface area contributed by atoms with Crippen molar-refractivity contribution in [2.75, 3.05) is 26.8 Å². The highest BCUT2D eigenvalue weighted by Gasteiger charge is 2.34. The van der Waals surface area contributed by atoms with Gasteiger partial charge in [0.2, 0.25) is 5.91 Å². The molecule has 0 unspecified atom stereocenters. The number of rotatable bonds is 3. The van der Waals surface area contributed by atoms with E-state index in [1.54, 1.807) is 7.05 Å². The van der Waals surface area contributed by atoms with Gasteiger partial charge in [0.15, 0.2) is 0 Å². The van der Waals surface area contributed by atoms with E-state index in [9.17, 15) is 9.59 Å². The number of nitrogens with zero attached hydrogens (tertiary/aromatic N) is 2. The van der Waals surface area contributed by atoms with E-state index >= 15 is 0 Å². The van der Waals surface area contributed by atoms with E-state index in [1.165, 1.54) is 5.01 Å². The van der Waals surface area contributed by atoms with Crippen molar-refractivity contribution in [3.63, 3.8) is 0 Å². The van der Waals surface area contributed by atoms with Gasteiger partial charge in [-0.3, -0.25) is 9.59 Å². The van der Waals surface area contributed by atoms with Crippen LogP contribution in [0.15, 0.2) is 5.10 Å². The Bertz CT molecular complexity index is 374. The standard InChI is InChI=1S/C11H17N3O3/c1-11(6-17-7-11)5-12-10(16)8-3-4-9(15)14(2)13-8/h3-7H2,1-2H3,(H,12,16). The first-order valence-electron chi connectivity index (χ1n) is 5.70. The fraction of sp³-hybridized carbons (Fsp3) is 0.727. The Kier molecular flexibility index (Phi) is 3.15. The summed E-state index contributed by atoms with van der Waals surface area (Å²) < 4.78 is 5.11. The maximum absolute atomic E-state index is 11.8. The molecule has 94 valence electrons. The first-order chi connectivity index (χ1) is 8.00. The van der Waals surface area contributed by atoms with Gasteiger partial charge in [-0.1, -0.05) is 6.92 Å². The van der Waals surface area contributed by atoms with Crippen molar-refractivity contribution < 1.29 is 14.3 Å². The molecule has 6 nitrogen and oxygen atoms in total. The predicted molar refractivity (Wildman–Crippen MR) is 61.4 cm³/mol. The molecule has 0 bridgehead atoms. The number of hydrogen-bond donors (Lipinski definition) is 1. The second-order valence-corrected chi connectivity index (χ2v) is 4.95. The summed E-state index contributed by atoms with van der Waals surface area (Å²) in [4.78, 5) is 23.0. The molecule has 6 heteroatoms. The van der Waals surface area contributed by atoms with Gasteiger partial charge < -0.3 is 10.1 Å². The summed E-state index contributed by atoms with van der Waals surface area (Å²) in [5.74, 6) is -0.238. The van der Waals surface area contributed by atoms with Gasteiger partial charge in [0.05, 0.1) is 13.2 Å². The van der Waals surface area contributed by atoms with Crippen LogP contribution >= 0.6 is 0 Å². The van der Waals surface area contributed by atoms with Crippen LogP contribution in [-0.4, -0.2) is 49.3 Å². The van der Waals surface area contributed by atoms with E-state index in [4.69, 9.17) is 4.74 Å². The number of hydrogen-bond acceptors (Lipinski definition) is 4. The largest absolute Gasteiger partial charge is 0.380 e. The predicted octanol–water partition coefficient (Wildman–Crippen LogP) is -0.253. The zero-order valence-electron chi connectivity index (χ0n) is 10.2. The first-order valence-corrected chi connectivity index (χ1v) is 5.70. The van der Waals surface area contributed by atoms with E-state index in [0.717, 1.165) is 0 Å². The fourth-order valence-electron chi connectivity index (χ4n) is 1.78. The highest BCUT2D eigenvalue weighted by Crippen LogP contribution is 2.25. The number of carbonyl (C=O) groups excluding carboxylic acids is 2. The summed E-state index contributed by atoms with van der Waals surface area (Å²) in [6.07, 6.45) is 0.769. The number of amides is 2. The maximum Gasteiger partial charge on any atom is 0.267 e. The Hall–Kier alpha value is -1.43. The minimum atomic E-state index is -0.183. The van der Waals surface area contributed by atoms with Crippen LogP contribution in [0.2, 0.25) is 0 Å². The van der Waals surface area contributed by atoms with Gasteiger partial charge in [-0.15, -0.1) is 0 Å². The maximum atomic E-state index is 11.8. The molecule has 2 rings (SSSR count). The smallest absolute Gasteiger partial charge is 0.267 e. The molecular weight excluding hydrogens is 222 g/mol. The lowest BCUT2D eigenvalue weighted by Gasteiger charge is -2.38. The molecule has 0 aromatic rings. The fourth-order valence-corrected chi connectivity index (χ4v) is 1.78. The second-order valence-electron chi connectivity index (χ2n) is 4.95. The topological polar surface area (TPSA) is 71.0 Å². The lowest BCUT2D eigenvalue weighted by atomic mass is 9.88. The van der Waals surface area contributed by atoms with Gasteiger partial charge in [-0.05, 0) is 0 Å². The van der Waals surface area contributed by atoms with Crippen molar-refractivity contribution >= 4 is 17.5 Å². The molecule has 0 saturated carbocycles. The Morgan fingerprint density at radius 3 is 2.76 bits per heavy atom. The quantitative estimate of drug-likeness (QED) is 0.738. The first kappa shape index (κ1) is 12.0. The lowest BCUT2D eigenvalue weighted by molar-refractivity contribution is -0.130. The highest BCUT2D eigenvalue weighted by molar-refractivity contribution is 6.39. The minimum absolute atomic E-state index is 0.0482. The number of nitrogens with one attached hydrogen (secondary N) is 1. The summed E-state index contributed by atoms with van der Waals surface area (Å²) in [6, 6.07) is 0. The van der Waals surface area contributed by atoms with Crippen molar-refractivity contribution in [1.82, 2.24) is 10.3 Å². The van der Waals surface area contributed by atoms with Crippen LogP contribution in [-0.2, 0) is 14.3 Å². The van der Waals surface area contributed by atoms with Gasteiger partial charge >= 0.3 is 0 Å². The Labute approximate surface area is 100.0 Å². The van der Waals surface area contributed by atoms with E-state index < -0.39 is 0 Å². The van der Waals surface area contributed by atoms with Gasteiger partial charge in [-0.2, -0.15) is 5.10 Å². The molecule has 2 aliphatic heterocycles. The minimum Gasteiger partial charge on any atom is -0.380 e. The van der Waals surface area contributed by atoms with Crippen LogP contribution < -0.4 is 5.32 Å². The van der Waals surface area contributed by atoms with Crippen LogP contribution in [0.25, 0.3) is 0 Å². The molecule has 2 amide bonds. The highest BCUT2D eigenvalue weighted by atomic mass is 16.5. The number of carbonyl (C=O) groups is 2. The summed E-state index contributed by atoms with van der Waals surface area (Å²) >= 11 is 0. The molecule has 0 aromatic heterocycles. The summed E-state index contributed by atoms with van der Waals surface area (Å²) in [7, 11) is 1.57. The van der Waals surface area contributed by atoms with Gasteiger partial charge in [0.1, 0.15) is 5.71 Å². The third-order valence-electron chi connectivity index (χ3n) is 3.05. The molecule has 0 atom stereocenters. The summed E-state index contributed by atoms with van der Waals surface area (Å²) in [6.45, 7) is 4.01. The third-order valence-corrected chi connectivity index (χ3v) is 3.05. The molecule has 17 heavy (non-hydrogen) atoms. The van der Waals surface area contributed by atoms with Gasteiger partial charge in [0, 0.05) is 31.8 Å². The zero-order chi connectivity index (χ0) is 12.5. The monoisotopic (exact) mass is 239 g/mol. The van der Waals surface area contributed by atoms with E-state index in [0.29, 0.717) is 38.3 Å². The van der Waals surface area contributed by atoms with Gasteiger partial charge in [0.25, 0.3) is 5.91 Å². The molecule has 0 radical (unpaired) electrons. The molecule has 1 N–H and O–H groups in total. The molecule has 1 fully saturated rings. The normalized spacial score (nSPS) is 22.8. The average molecular weight is 239 g/mol. The van der Waals surface area contributed by atoms with E-state index in [1.807, 2.05) is 0 Å². The molecular formula is C11H17N3O3. The Morgan fingerprint density at radius 2 is 2.24 bits per heavy atom. The Balaban J connectivity index is 1.87. The van der Waals surface area contributed by atoms with Crippen LogP contribution in [0.4, 0.5) is 0 Å². The zero-order valence-corrected chi connectivity index (χ0v) is 10.2. The molecule has 2 aliphatic rings. The summed E-state index contributed by atoms with van der Waals surface area (Å²) in [5.41, 5.74) is 0.475. The molecule has 0 aliphatic carbocycles. The molecule has 2 heterocycles. The van der Waals surface area contributed by atoms with Crippen LogP contribution in [0.3, 0.4) is 0 Å². The van der Waals surface area contributed by atoms with E-state index in [-0.39, 0.29) is 17.2 Å². The summed E-state index contributed by atoms with van der Waals surface area (Å²) in [5, 5.41) is 8.04. The van der Waals surface area contributed by atoms with Gasteiger partial charge in [-0.25, -0.2) is 5.01 Å². The van der Waals surface area contributed by atoms with Crippen LogP contribution in [0, 0.1) is 5.41 Å². The molecule has 0 aromatic carbocycles. The molecule has 0 spiro atoms. The third kappa shape index (κ3) is 2.63. The Morgan fingerprint density at radius 1 is 1.53 bits per heavy atom.